The number of primary amides is 1. The first kappa shape index (κ1) is 20.9. The van der Waals surface area contributed by atoms with Gasteiger partial charge in [-0.15, -0.1) is 0 Å². The van der Waals surface area contributed by atoms with Gasteiger partial charge in [-0.05, 0) is 46.8 Å². The average Bonchev–Trinajstić information content (AvgIpc) is 3.14. The molecular weight excluding hydrogens is 440 g/mol. The van der Waals surface area contributed by atoms with Crippen LogP contribution in [0.3, 0.4) is 0 Å². The van der Waals surface area contributed by atoms with Crippen LogP contribution in [0.2, 0.25) is 0 Å². The monoisotopic (exact) mass is 462 g/mol. The number of aromatic nitrogens is 1. The third-order valence-corrected chi connectivity index (χ3v) is 5.19. The minimum absolute atomic E-state index is 0.0997. The second-order valence-corrected chi connectivity index (χ2v) is 7.58. The fourth-order valence-electron chi connectivity index (χ4n) is 3.48. The summed E-state index contributed by atoms with van der Waals surface area (Å²) in [5, 5.41) is 2.87. The summed E-state index contributed by atoms with van der Waals surface area (Å²) in [5.74, 6) is 0.373. The molecular formula is C20H23BrN4O4. The molecule has 0 saturated heterocycles. The standard InChI is InChI=1S/C20H23BrN4O4/c1-28-18-11-16(10-17(21)24-18)25(19(22)26)15-8-7-14(9-15)23-20(27)29-12-13-5-3-2-4-6-13/h2-6,10-11,14-15H,7-9,12H2,1H3,(H2,22,26)(H,23,27)/t14-,15+/m0/s1. The van der Waals surface area contributed by atoms with Crippen LogP contribution in [0, 0.1) is 0 Å². The highest BCUT2D eigenvalue weighted by Gasteiger charge is 2.33. The van der Waals surface area contributed by atoms with E-state index >= 15 is 0 Å². The topological polar surface area (TPSA) is 107 Å². The van der Waals surface area contributed by atoms with E-state index in [0.29, 0.717) is 29.0 Å². The Kier molecular flexibility index (Phi) is 6.92. The van der Waals surface area contributed by atoms with Gasteiger partial charge in [0.2, 0.25) is 5.88 Å². The summed E-state index contributed by atoms with van der Waals surface area (Å²) in [6.07, 6.45) is 1.53. The Balaban J connectivity index is 1.60. The molecule has 0 spiro atoms. The summed E-state index contributed by atoms with van der Waals surface area (Å²) in [5.41, 5.74) is 7.16. The molecule has 3 amide bonds. The van der Waals surface area contributed by atoms with Crippen LogP contribution in [-0.4, -0.2) is 36.3 Å². The molecule has 0 radical (unpaired) electrons. The molecule has 8 nitrogen and oxygen atoms in total. The van der Waals surface area contributed by atoms with Crippen molar-refractivity contribution in [3.8, 4) is 5.88 Å². The number of anilines is 1. The summed E-state index contributed by atoms with van der Waals surface area (Å²) in [7, 11) is 1.50. The van der Waals surface area contributed by atoms with Crippen LogP contribution in [0.4, 0.5) is 15.3 Å². The lowest BCUT2D eigenvalue weighted by atomic mass is 10.2. The second kappa shape index (κ2) is 9.60. The first-order valence-electron chi connectivity index (χ1n) is 9.23. The molecule has 0 aliphatic heterocycles. The van der Waals surface area contributed by atoms with Gasteiger partial charge in [-0.1, -0.05) is 30.3 Å². The molecule has 1 heterocycles. The van der Waals surface area contributed by atoms with E-state index < -0.39 is 12.1 Å². The molecule has 3 rings (SSSR count). The normalized spacial score (nSPS) is 18.1. The number of halogens is 1. The van der Waals surface area contributed by atoms with Crippen molar-refractivity contribution < 1.29 is 19.1 Å². The van der Waals surface area contributed by atoms with Crippen LogP contribution in [0.1, 0.15) is 24.8 Å². The number of hydrogen-bond acceptors (Lipinski definition) is 5. The van der Waals surface area contributed by atoms with E-state index in [2.05, 4.69) is 26.2 Å². The maximum absolute atomic E-state index is 12.1. The van der Waals surface area contributed by atoms with Gasteiger partial charge in [-0.2, -0.15) is 0 Å². The third-order valence-electron chi connectivity index (χ3n) is 4.78. The maximum Gasteiger partial charge on any atom is 0.407 e. The predicted molar refractivity (Wildman–Crippen MR) is 112 cm³/mol. The lowest BCUT2D eigenvalue weighted by molar-refractivity contribution is 0.136. The van der Waals surface area contributed by atoms with Gasteiger partial charge in [0.1, 0.15) is 11.2 Å². The Morgan fingerprint density at radius 1 is 1.28 bits per heavy atom. The zero-order chi connectivity index (χ0) is 20.8. The molecule has 1 fully saturated rings. The van der Waals surface area contributed by atoms with Gasteiger partial charge in [0, 0.05) is 18.2 Å². The van der Waals surface area contributed by atoms with Crippen molar-refractivity contribution >= 4 is 33.7 Å². The number of carbonyl (C=O) groups is 2. The van der Waals surface area contributed by atoms with Crippen molar-refractivity contribution in [2.75, 3.05) is 12.0 Å². The van der Waals surface area contributed by atoms with Crippen molar-refractivity contribution in [1.29, 1.82) is 0 Å². The Morgan fingerprint density at radius 2 is 2.03 bits per heavy atom. The number of carbonyl (C=O) groups excluding carboxylic acids is 2. The first-order valence-corrected chi connectivity index (χ1v) is 10.0. The Labute approximate surface area is 177 Å². The molecule has 154 valence electrons. The molecule has 1 aliphatic carbocycles. The number of rotatable bonds is 6. The number of nitrogens with one attached hydrogen (secondary N) is 1. The van der Waals surface area contributed by atoms with Crippen LogP contribution in [-0.2, 0) is 11.3 Å². The van der Waals surface area contributed by atoms with Crippen molar-refractivity contribution in [2.24, 2.45) is 5.73 Å². The molecule has 2 atom stereocenters. The molecule has 1 saturated carbocycles. The largest absolute Gasteiger partial charge is 0.481 e. The minimum atomic E-state index is -0.567. The van der Waals surface area contributed by atoms with Gasteiger partial charge in [0.05, 0.1) is 12.8 Å². The number of ether oxygens (including phenoxy) is 2. The Hall–Kier alpha value is -2.81. The number of benzene rings is 1. The number of hydrogen-bond donors (Lipinski definition) is 2. The van der Waals surface area contributed by atoms with E-state index in [1.54, 1.807) is 12.1 Å². The number of urea groups is 1. The third kappa shape index (κ3) is 5.60. The van der Waals surface area contributed by atoms with E-state index in [-0.39, 0.29) is 18.7 Å². The van der Waals surface area contributed by atoms with Crippen molar-refractivity contribution in [3.05, 3.63) is 52.6 Å². The summed E-state index contributed by atoms with van der Waals surface area (Å²) in [6, 6.07) is 12.0. The lowest BCUT2D eigenvalue weighted by Gasteiger charge is -2.27. The van der Waals surface area contributed by atoms with Gasteiger partial charge in [0.15, 0.2) is 0 Å². The summed E-state index contributed by atoms with van der Waals surface area (Å²) in [4.78, 5) is 29.9. The molecule has 0 unspecified atom stereocenters. The molecule has 9 heteroatoms. The first-order chi connectivity index (χ1) is 14.0. The fourth-order valence-corrected chi connectivity index (χ4v) is 3.89. The summed E-state index contributed by atoms with van der Waals surface area (Å²) >= 11 is 3.32. The van der Waals surface area contributed by atoms with Gasteiger partial charge in [0.25, 0.3) is 0 Å². The maximum atomic E-state index is 12.1. The number of pyridine rings is 1. The molecule has 0 bridgehead atoms. The second-order valence-electron chi connectivity index (χ2n) is 6.77. The van der Waals surface area contributed by atoms with Crippen molar-refractivity contribution in [3.63, 3.8) is 0 Å². The SMILES string of the molecule is COc1cc(N(C(N)=O)[C@@H]2CC[C@H](NC(=O)OCc3ccccc3)C2)cc(Br)n1. The predicted octanol–water partition coefficient (Wildman–Crippen LogP) is 3.59. The zero-order valence-corrected chi connectivity index (χ0v) is 17.6. The van der Waals surface area contributed by atoms with E-state index in [9.17, 15) is 9.59 Å². The molecule has 3 N–H and O–H groups in total. The van der Waals surface area contributed by atoms with Crippen LogP contribution in [0.5, 0.6) is 5.88 Å². The van der Waals surface area contributed by atoms with Crippen molar-refractivity contribution in [1.82, 2.24) is 10.3 Å². The summed E-state index contributed by atoms with van der Waals surface area (Å²) in [6.45, 7) is 0.209. The minimum Gasteiger partial charge on any atom is -0.481 e. The van der Waals surface area contributed by atoms with E-state index in [1.807, 2.05) is 30.3 Å². The number of nitrogens with zero attached hydrogens (tertiary/aromatic N) is 2. The molecule has 1 aliphatic rings. The van der Waals surface area contributed by atoms with E-state index in [0.717, 1.165) is 12.0 Å². The van der Waals surface area contributed by atoms with Gasteiger partial charge < -0.3 is 20.5 Å². The van der Waals surface area contributed by atoms with Gasteiger partial charge in [-0.3, -0.25) is 4.90 Å². The van der Waals surface area contributed by atoms with Crippen LogP contribution < -0.4 is 20.7 Å². The number of methoxy groups -OCH3 is 1. The highest BCUT2D eigenvalue weighted by molar-refractivity contribution is 9.10. The highest BCUT2D eigenvalue weighted by atomic mass is 79.9. The van der Waals surface area contributed by atoms with Gasteiger partial charge >= 0.3 is 12.1 Å². The smallest absolute Gasteiger partial charge is 0.407 e. The molecule has 1 aromatic heterocycles. The van der Waals surface area contributed by atoms with E-state index in [4.69, 9.17) is 15.2 Å². The van der Waals surface area contributed by atoms with Crippen LogP contribution in [0.25, 0.3) is 0 Å². The molecule has 1 aromatic carbocycles. The molecule has 2 aromatic rings. The van der Waals surface area contributed by atoms with Gasteiger partial charge in [-0.25, -0.2) is 14.6 Å². The molecule has 29 heavy (non-hydrogen) atoms. The zero-order valence-electron chi connectivity index (χ0n) is 16.0. The lowest BCUT2D eigenvalue weighted by Crippen LogP contribution is -2.44. The average molecular weight is 463 g/mol. The van der Waals surface area contributed by atoms with Crippen LogP contribution in [0.15, 0.2) is 47.1 Å². The summed E-state index contributed by atoms with van der Waals surface area (Å²) < 4.78 is 11.0. The number of alkyl carbamates (subject to hydrolysis) is 1. The number of nitrogens with two attached hydrogens (primary N) is 1. The van der Waals surface area contributed by atoms with E-state index in [1.165, 1.54) is 12.0 Å². The van der Waals surface area contributed by atoms with Crippen molar-refractivity contribution in [2.45, 2.75) is 38.0 Å². The fraction of sp³-hybridized carbons (Fsp3) is 0.350. The quantitative estimate of drug-likeness (QED) is 0.637. The highest BCUT2D eigenvalue weighted by Crippen LogP contribution is 2.31. The van der Waals surface area contributed by atoms with Crippen LogP contribution >= 0.6 is 15.9 Å². The Bertz CT molecular complexity index is 865. The Morgan fingerprint density at radius 3 is 2.72 bits per heavy atom. The number of amides is 3.